The number of nitrogens with zero attached hydrogens (tertiary/aromatic N) is 2. The van der Waals surface area contributed by atoms with Gasteiger partial charge in [-0.25, -0.2) is 27.1 Å². The van der Waals surface area contributed by atoms with Gasteiger partial charge >= 0.3 is 6.09 Å². The summed E-state index contributed by atoms with van der Waals surface area (Å²) in [4.78, 5) is 21.2. The lowest BCUT2D eigenvalue weighted by Crippen LogP contribution is -2.30. The van der Waals surface area contributed by atoms with Crippen LogP contribution in [-0.4, -0.2) is 58.9 Å². The highest BCUT2D eigenvalue weighted by atomic mass is 32.2. The van der Waals surface area contributed by atoms with Crippen molar-refractivity contribution >= 4 is 54.8 Å². The summed E-state index contributed by atoms with van der Waals surface area (Å²) in [6.45, 7) is 3.43. The van der Waals surface area contributed by atoms with Crippen molar-refractivity contribution in [1.82, 2.24) is 14.7 Å². The summed E-state index contributed by atoms with van der Waals surface area (Å²) < 4.78 is 47.8. The zero-order chi connectivity index (χ0) is 31.0. The molecule has 43 heavy (non-hydrogen) atoms. The van der Waals surface area contributed by atoms with Crippen LogP contribution in [0.25, 0.3) is 11.1 Å². The van der Waals surface area contributed by atoms with E-state index >= 15 is 0 Å². The molecule has 0 saturated carbocycles. The number of amides is 1. The second-order valence-electron chi connectivity index (χ2n) is 9.33. The average Bonchev–Trinajstić information content (AvgIpc) is 2.98. The van der Waals surface area contributed by atoms with Gasteiger partial charge < -0.3 is 20.5 Å². The summed E-state index contributed by atoms with van der Waals surface area (Å²) in [5.74, 6) is 4.29. The Balaban J connectivity index is 1.54. The van der Waals surface area contributed by atoms with E-state index in [4.69, 9.17) is 4.74 Å². The quantitative estimate of drug-likeness (QED) is 0.144. The predicted octanol–water partition coefficient (Wildman–Crippen LogP) is 4.22. The van der Waals surface area contributed by atoms with Crippen LogP contribution >= 0.6 is 0 Å². The molecule has 1 amide bonds. The molecular formula is C29H32N6O6S2. The third-order valence-corrected chi connectivity index (χ3v) is 8.89. The molecule has 14 heteroatoms. The van der Waals surface area contributed by atoms with Gasteiger partial charge in [-0.15, -0.1) is 0 Å². The van der Waals surface area contributed by atoms with Gasteiger partial charge in [-0.2, -0.15) is 4.98 Å². The highest BCUT2D eigenvalue weighted by Crippen LogP contribution is 2.30. The van der Waals surface area contributed by atoms with Crippen molar-refractivity contribution in [3.63, 3.8) is 0 Å². The van der Waals surface area contributed by atoms with E-state index in [2.05, 4.69) is 35.9 Å². The molecule has 1 unspecified atom stereocenters. The third kappa shape index (κ3) is 8.22. The number of aromatic nitrogens is 2. The molecule has 3 aromatic carbocycles. The fourth-order valence-corrected chi connectivity index (χ4v) is 5.92. The van der Waals surface area contributed by atoms with Crippen LogP contribution in [0.4, 0.5) is 27.9 Å². The van der Waals surface area contributed by atoms with Crippen LogP contribution in [0, 0.1) is 0 Å². The van der Waals surface area contributed by atoms with Crippen molar-refractivity contribution in [2.24, 2.45) is 0 Å². The van der Waals surface area contributed by atoms with Gasteiger partial charge in [-0.3, -0.25) is 4.72 Å². The van der Waals surface area contributed by atoms with E-state index in [1.807, 2.05) is 0 Å². The van der Waals surface area contributed by atoms with E-state index < -0.39 is 25.8 Å². The molecule has 1 heterocycles. The zero-order valence-corrected chi connectivity index (χ0v) is 25.1. The Kier molecular flexibility index (Phi) is 9.85. The number of hydrogen-bond donors (Lipinski definition) is 5. The molecule has 226 valence electrons. The molecule has 4 rings (SSSR count). The maximum Gasteiger partial charge on any atom is 0.418 e. The largest absolute Gasteiger partial charge is 0.449 e. The number of anilines is 4. The summed E-state index contributed by atoms with van der Waals surface area (Å²) in [6.07, 6.45) is 0.782. The van der Waals surface area contributed by atoms with Crippen LogP contribution in [0.1, 0.15) is 13.8 Å². The van der Waals surface area contributed by atoms with E-state index in [1.165, 1.54) is 12.1 Å². The van der Waals surface area contributed by atoms with Gasteiger partial charge in [0.1, 0.15) is 5.82 Å². The van der Waals surface area contributed by atoms with Gasteiger partial charge in [0.05, 0.1) is 27.8 Å². The number of carbonyl (C=O) groups excluding carboxylic acids is 1. The van der Waals surface area contributed by atoms with Crippen molar-refractivity contribution in [3.8, 4) is 11.1 Å². The van der Waals surface area contributed by atoms with Gasteiger partial charge in [-0.1, -0.05) is 30.3 Å². The monoisotopic (exact) mass is 624 g/mol. The van der Waals surface area contributed by atoms with Crippen LogP contribution in [0.15, 0.2) is 94.9 Å². The SMILES string of the molecule is C=S(=O)(NC(=O)OCC)c1ccc(Nc2ncc(-c3ccc(NS(=O)(=O)c4ccccc4)cc3)c(N[C@H](C)CO)n2)cc1. The van der Waals surface area contributed by atoms with Crippen molar-refractivity contribution in [2.75, 3.05) is 28.6 Å². The van der Waals surface area contributed by atoms with Crippen LogP contribution in [0.2, 0.25) is 0 Å². The topological polar surface area (TPSA) is 172 Å². The number of benzene rings is 3. The zero-order valence-electron chi connectivity index (χ0n) is 23.5. The highest BCUT2D eigenvalue weighted by molar-refractivity contribution is 7.99. The first-order valence-corrected chi connectivity index (χ1v) is 16.3. The smallest absolute Gasteiger partial charge is 0.418 e. The minimum Gasteiger partial charge on any atom is -0.449 e. The second kappa shape index (κ2) is 13.5. The first-order chi connectivity index (χ1) is 20.5. The second-order valence-corrected chi connectivity index (χ2v) is 13.0. The van der Waals surface area contributed by atoms with Gasteiger partial charge in [0.25, 0.3) is 10.0 Å². The van der Waals surface area contributed by atoms with Gasteiger partial charge in [0.15, 0.2) is 0 Å². The minimum atomic E-state index is -3.74. The lowest BCUT2D eigenvalue weighted by molar-refractivity contribution is 0.159. The number of aliphatic hydroxyl groups is 1. The number of carbonyl (C=O) groups is 1. The predicted molar refractivity (Wildman–Crippen MR) is 168 cm³/mol. The van der Waals surface area contributed by atoms with Crippen molar-refractivity contribution in [2.45, 2.75) is 29.7 Å². The summed E-state index contributed by atoms with van der Waals surface area (Å²) in [6, 6.07) is 20.9. The highest BCUT2D eigenvalue weighted by Gasteiger charge is 2.16. The number of hydrogen-bond acceptors (Lipinski definition) is 10. The van der Waals surface area contributed by atoms with E-state index in [0.717, 1.165) is 0 Å². The minimum absolute atomic E-state index is 0.137. The number of nitrogens with one attached hydrogen (secondary N) is 4. The van der Waals surface area contributed by atoms with E-state index in [1.54, 1.807) is 86.8 Å². The number of rotatable bonds is 12. The van der Waals surface area contributed by atoms with Gasteiger partial charge in [0.2, 0.25) is 5.95 Å². The van der Waals surface area contributed by atoms with Crippen molar-refractivity contribution in [1.29, 1.82) is 0 Å². The standard InChI is InChI=1S/C29H32N6O6S2/c1-4-41-29(37)35-42(3,38)24-16-14-22(15-17-24)32-28-30-18-26(27(33-28)31-20(2)19-36)21-10-12-23(13-11-21)34-43(39,40)25-8-6-5-7-9-25/h5-18,20,34,36H,3-4,19H2,1-2H3,(H,35,37,38)(H2,30,31,32,33)/t20-,42?/m1/s1. The molecule has 5 N–H and O–H groups in total. The summed E-state index contributed by atoms with van der Waals surface area (Å²) in [5.41, 5.74) is 2.31. The Bertz CT molecular complexity index is 1770. The first-order valence-electron chi connectivity index (χ1n) is 13.1. The molecule has 0 fully saturated rings. The Morgan fingerprint density at radius 2 is 1.60 bits per heavy atom. The molecule has 2 atom stereocenters. The average molecular weight is 625 g/mol. The molecule has 0 aliphatic heterocycles. The molecule has 12 nitrogen and oxygen atoms in total. The fourth-order valence-electron chi connectivity index (χ4n) is 3.82. The van der Waals surface area contributed by atoms with Crippen molar-refractivity contribution < 1.29 is 27.3 Å². The maximum atomic E-state index is 12.8. The Labute approximate surface area is 250 Å². The number of sulfonamides is 1. The van der Waals surface area contributed by atoms with Crippen LogP contribution in [-0.2, 0) is 24.5 Å². The Morgan fingerprint density at radius 1 is 0.953 bits per heavy atom. The Hall–Kier alpha value is -4.66. The van der Waals surface area contributed by atoms with Gasteiger partial charge in [-0.05, 0) is 73.8 Å². The lowest BCUT2D eigenvalue weighted by Gasteiger charge is -2.17. The molecule has 4 aromatic rings. The summed E-state index contributed by atoms with van der Waals surface area (Å²) in [5, 5.41) is 15.9. The Morgan fingerprint density at radius 3 is 2.23 bits per heavy atom. The molecule has 0 bridgehead atoms. The van der Waals surface area contributed by atoms with Crippen molar-refractivity contribution in [3.05, 3.63) is 85.1 Å². The van der Waals surface area contributed by atoms with Crippen LogP contribution < -0.4 is 20.1 Å². The maximum absolute atomic E-state index is 12.8. The number of aliphatic hydroxyl groups excluding tert-OH is 1. The molecule has 0 radical (unpaired) electrons. The summed E-state index contributed by atoms with van der Waals surface area (Å²) >= 11 is 0. The lowest BCUT2D eigenvalue weighted by atomic mass is 10.1. The molecule has 0 saturated heterocycles. The molecule has 1 aromatic heterocycles. The third-order valence-electron chi connectivity index (χ3n) is 5.96. The molecule has 0 spiro atoms. The normalized spacial score (nSPS) is 13.3. The van der Waals surface area contributed by atoms with Crippen LogP contribution in [0.5, 0.6) is 0 Å². The first kappa shape index (κ1) is 31.3. The van der Waals surface area contributed by atoms with Crippen LogP contribution in [0.3, 0.4) is 0 Å². The van der Waals surface area contributed by atoms with Gasteiger partial charge in [0, 0.05) is 34.1 Å². The van der Waals surface area contributed by atoms with E-state index in [9.17, 15) is 22.5 Å². The molecule has 0 aliphatic carbocycles. The fraction of sp³-hybridized carbons (Fsp3) is 0.172. The molecular weight excluding hydrogens is 592 g/mol. The van der Waals surface area contributed by atoms with E-state index in [-0.39, 0.29) is 30.1 Å². The summed E-state index contributed by atoms with van der Waals surface area (Å²) in [7, 11) is -6.85. The number of ether oxygens (including phenoxy) is 1. The van der Waals surface area contributed by atoms with E-state index in [0.29, 0.717) is 33.2 Å². The molecule has 0 aliphatic rings.